The second-order valence-electron chi connectivity index (χ2n) is 4.20. The SMILES string of the molecule is Clc1cccc(OCc2csc(-c3ccccn3)n2)c1Cl. The van der Waals surface area contributed by atoms with Gasteiger partial charge in [-0.1, -0.05) is 35.3 Å². The van der Waals surface area contributed by atoms with Crippen molar-refractivity contribution in [3.63, 3.8) is 0 Å². The second kappa shape index (κ2) is 6.43. The summed E-state index contributed by atoms with van der Waals surface area (Å²) in [6.45, 7) is 0.337. The van der Waals surface area contributed by atoms with Crippen LogP contribution in [0.15, 0.2) is 48.0 Å². The molecule has 3 rings (SSSR count). The summed E-state index contributed by atoms with van der Waals surface area (Å²) >= 11 is 13.6. The van der Waals surface area contributed by atoms with Gasteiger partial charge in [-0.3, -0.25) is 4.98 Å². The number of ether oxygens (including phenoxy) is 1. The molecule has 1 aromatic carbocycles. The van der Waals surface area contributed by atoms with Gasteiger partial charge in [0, 0.05) is 11.6 Å². The fraction of sp³-hybridized carbons (Fsp3) is 0.0667. The molecule has 0 unspecified atom stereocenters. The van der Waals surface area contributed by atoms with E-state index in [0.29, 0.717) is 22.4 Å². The van der Waals surface area contributed by atoms with E-state index in [4.69, 9.17) is 27.9 Å². The van der Waals surface area contributed by atoms with Crippen LogP contribution in [0.4, 0.5) is 0 Å². The maximum absolute atomic E-state index is 6.08. The molecule has 0 aliphatic heterocycles. The van der Waals surface area contributed by atoms with Crippen molar-refractivity contribution in [2.75, 3.05) is 0 Å². The summed E-state index contributed by atoms with van der Waals surface area (Å²) in [6.07, 6.45) is 1.75. The van der Waals surface area contributed by atoms with Crippen LogP contribution in [0.1, 0.15) is 5.69 Å². The zero-order chi connectivity index (χ0) is 14.7. The molecule has 0 spiro atoms. The third-order valence-electron chi connectivity index (χ3n) is 2.73. The van der Waals surface area contributed by atoms with E-state index in [1.165, 1.54) is 11.3 Å². The zero-order valence-corrected chi connectivity index (χ0v) is 13.1. The van der Waals surface area contributed by atoms with Crippen molar-refractivity contribution < 1.29 is 4.74 Å². The van der Waals surface area contributed by atoms with E-state index in [0.717, 1.165) is 16.4 Å². The summed E-state index contributed by atoms with van der Waals surface area (Å²) in [5.41, 5.74) is 1.69. The molecule has 0 fully saturated rings. The fourth-order valence-corrected chi connectivity index (χ4v) is 2.85. The molecule has 6 heteroatoms. The maximum atomic E-state index is 6.08. The van der Waals surface area contributed by atoms with Crippen molar-refractivity contribution in [1.82, 2.24) is 9.97 Å². The number of nitrogens with zero attached hydrogens (tertiary/aromatic N) is 2. The maximum Gasteiger partial charge on any atom is 0.142 e. The van der Waals surface area contributed by atoms with Crippen LogP contribution >= 0.6 is 34.5 Å². The summed E-state index contributed by atoms with van der Waals surface area (Å²) in [5, 5.41) is 3.70. The average Bonchev–Trinajstić information content (AvgIpc) is 2.99. The van der Waals surface area contributed by atoms with Crippen molar-refractivity contribution in [3.8, 4) is 16.5 Å². The van der Waals surface area contributed by atoms with E-state index in [1.54, 1.807) is 24.4 Å². The Kier molecular flexibility index (Phi) is 4.39. The lowest BCUT2D eigenvalue weighted by Gasteiger charge is -2.07. The molecule has 0 saturated carbocycles. The monoisotopic (exact) mass is 336 g/mol. The molecule has 0 amide bonds. The van der Waals surface area contributed by atoms with Crippen molar-refractivity contribution in [2.24, 2.45) is 0 Å². The van der Waals surface area contributed by atoms with Crippen LogP contribution < -0.4 is 4.74 Å². The Morgan fingerprint density at radius 2 is 2.00 bits per heavy atom. The number of aromatic nitrogens is 2. The van der Waals surface area contributed by atoms with Gasteiger partial charge >= 0.3 is 0 Å². The number of pyridine rings is 1. The highest BCUT2D eigenvalue weighted by atomic mass is 35.5. The highest BCUT2D eigenvalue weighted by molar-refractivity contribution is 7.13. The molecule has 106 valence electrons. The molecule has 0 radical (unpaired) electrons. The number of halogens is 2. The van der Waals surface area contributed by atoms with Crippen molar-refractivity contribution in [2.45, 2.75) is 6.61 Å². The Bertz CT molecular complexity index is 746. The molecule has 3 aromatic rings. The molecule has 2 heterocycles. The molecule has 21 heavy (non-hydrogen) atoms. The van der Waals surface area contributed by atoms with E-state index in [1.807, 2.05) is 23.6 Å². The Morgan fingerprint density at radius 1 is 1.10 bits per heavy atom. The minimum atomic E-state index is 0.337. The number of thiazole rings is 1. The Hall–Kier alpha value is -1.62. The number of hydrogen-bond acceptors (Lipinski definition) is 4. The van der Waals surface area contributed by atoms with Gasteiger partial charge in [0.25, 0.3) is 0 Å². The molecular formula is C15H10Cl2N2OS. The number of hydrogen-bond donors (Lipinski definition) is 0. The summed E-state index contributed by atoms with van der Waals surface area (Å²) in [6, 6.07) is 11.0. The predicted molar refractivity (Wildman–Crippen MR) is 86.1 cm³/mol. The summed E-state index contributed by atoms with van der Waals surface area (Å²) in [4.78, 5) is 8.78. The molecule has 0 N–H and O–H groups in total. The standard InChI is InChI=1S/C15H10Cl2N2OS/c16-11-4-3-6-13(14(11)17)20-8-10-9-21-15(19-10)12-5-1-2-7-18-12/h1-7,9H,8H2. The van der Waals surface area contributed by atoms with Gasteiger partial charge < -0.3 is 4.74 Å². The van der Waals surface area contributed by atoms with E-state index in [2.05, 4.69) is 9.97 Å². The van der Waals surface area contributed by atoms with Crippen LogP contribution in [0.5, 0.6) is 5.75 Å². The fourth-order valence-electron chi connectivity index (χ4n) is 1.73. The van der Waals surface area contributed by atoms with Gasteiger partial charge in [0.05, 0.1) is 16.4 Å². The van der Waals surface area contributed by atoms with Crippen molar-refractivity contribution >= 4 is 34.5 Å². The van der Waals surface area contributed by atoms with E-state index < -0.39 is 0 Å². The quantitative estimate of drug-likeness (QED) is 0.665. The van der Waals surface area contributed by atoms with E-state index in [-0.39, 0.29) is 0 Å². The first-order chi connectivity index (χ1) is 10.2. The van der Waals surface area contributed by atoms with Crippen LogP contribution in [0.3, 0.4) is 0 Å². The third-order valence-corrected chi connectivity index (χ3v) is 4.44. The van der Waals surface area contributed by atoms with Gasteiger partial charge in [-0.25, -0.2) is 4.98 Å². The Balaban J connectivity index is 1.72. The molecule has 0 aliphatic rings. The lowest BCUT2D eigenvalue weighted by Crippen LogP contribution is -1.96. The molecule has 0 saturated heterocycles. The molecule has 0 atom stereocenters. The van der Waals surface area contributed by atoms with Crippen LogP contribution in [0.2, 0.25) is 10.0 Å². The van der Waals surface area contributed by atoms with Crippen LogP contribution in [0.25, 0.3) is 10.7 Å². The number of benzene rings is 1. The molecule has 0 bridgehead atoms. The average molecular weight is 337 g/mol. The topological polar surface area (TPSA) is 35.0 Å². The van der Waals surface area contributed by atoms with Gasteiger partial charge in [-0.15, -0.1) is 11.3 Å². The first-order valence-corrected chi connectivity index (χ1v) is 7.80. The highest BCUT2D eigenvalue weighted by Crippen LogP contribution is 2.32. The Morgan fingerprint density at radius 3 is 2.81 bits per heavy atom. The normalized spacial score (nSPS) is 10.6. The van der Waals surface area contributed by atoms with Crippen LogP contribution in [-0.4, -0.2) is 9.97 Å². The smallest absolute Gasteiger partial charge is 0.142 e. The first-order valence-electron chi connectivity index (χ1n) is 6.16. The molecule has 2 aromatic heterocycles. The minimum absolute atomic E-state index is 0.337. The molecule has 0 aliphatic carbocycles. The number of rotatable bonds is 4. The van der Waals surface area contributed by atoms with Gasteiger partial charge in [0.15, 0.2) is 0 Å². The summed E-state index contributed by atoms with van der Waals surface area (Å²) in [7, 11) is 0. The third kappa shape index (κ3) is 3.35. The molecule has 3 nitrogen and oxygen atoms in total. The van der Waals surface area contributed by atoms with Gasteiger partial charge in [0.2, 0.25) is 0 Å². The first kappa shape index (κ1) is 14.3. The van der Waals surface area contributed by atoms with E-state index in [9.17, 15) is 0 Å². The van der Waals surface area contributed by atoms with E-state index >= 15 is 0 Å². The Labute approximate surface area is 136 Å². The minimum Gasteiger partial charge on any atom is -0.486 e. The second-order valence-corrected chi connectivity index (χ2v) is 5.84. The lowest BCUT2D eigenvalue weighted by molar-refractivity contribution is 0.302. The van der Waals surface area contributed by atoms with Gasteiger partial charge in [-0.2, -0.15) is 0 Å². The van der Waals surface area contributed by atoms with Gasteiger partial charge in [-0.05, 0) is 24.3 Å². The largest absolute Gasteiger partial charge is 0.486 e. The highest BCUT2D eigenvalue weighted by Gasteiger charge is 2.08. The lowest BCUT2D eigenvalue weighted by atomic mass is 10.3. The van der Waals surface area contributed by atoms with Crippen molar-refractivity contribution in [3.05, 3.63) is 63.7 Å². The molecular weight excluding hydrogens is 327 g/mol. The van der Waals surface area contributed by atoms with Gasteiger partial charge in [0.1, 0.15) is 22.4 Å². The predicted octanol–water partition coefficient (Wildman–Crippen LogP) is 5.09. The zero-order valence-electron chi connectivity index (χ0n) is 10.8. The van der Waals surface area contributed by atoms with Crippen LogP contribution in [-0.2, 0) is 6.61 Å². The van der Waals surface area contributed by atoms with Crippen LogP contribution in [0, 0.1) is 0 Å². The van der Waals surface area contributed by atoms with Crippen molar-refractivity contribution in [1.29, 1.82) is 0 Å². The summed E-state index contributed by atoms with van der Waals surface area (Å²) < 4.78 is 5.66. The summed E-state index contributed by atoms with van der Waals surface area (Å²) in [5.74, 6) is 0.552.